The first kappa shape index (κ1) is 12.0. The Morgan fingerprint density at radius 3 is 2.80 bits per heavy atom. The Bertz CT molecular complexity index is 312. The molecule has 84 valence electrons. The standard InChI is InChI=1S/C12H19FN2/c1-3-4-9(2)15-12-6-5-11(13)7-10(12)8-14/h5-7,9,15H,3-4,8,14H2,1-2H3. The smallest absolute Gasteiger partial charge is 0.123 e. The lowest BCUT2D eigenvalue weighted by molar-refractivity contribution is 0.625. The summed E-state index contributed by atoms with van der Waals surface area (Å²) < 4.78 is 12.9. The average molecular weight is 210 g/mol. The Labute approximate surface area is 90.7 Å². The molecule has 0 aliphatic heterocycles. The maximum Gasteiger partial charge on any atom is 0.123 e. The summed E-state index contributed by atoms with van der Waals surface area (Å²) in [6.07, 6.45) is 2.23. The van der Waals surface area contributed by atoms with E-state index in [-0.39, 0.29) is 5.82 Å². The van der Waals surface area contributed by atoms with E-state index < -0.39 is 0 Å². The second kappa shape index (κ2) is 5.71. The fourth-order valence-electron chi connectivity index (χ4n) is 1.64. The van der Waals surface area contributed by atoms with Gasteiger partial charge in [-0.3, -0.25) is 0 Å². The Morgan fingerprint density at radius 1 is 1.47 bits per heavy atom. The Balaban J connectivity index is 2.75. The highest BCUT2D eigenvalue weighted by Crippen LogP contribution is 2.18. The molecule has 0 aromatic heterocycles. The second-order valence-electron chi connectivity index (χ2n) is 3.84. The van der Waals surface area contributed by atoms with Gasteiger partial charge in [0.05, 0.1) is 0 Å². The molecule has 0 spiro atoms. The maximum atomic E-state index is 12.9. The van der Waals surface area contributed by atoms with Gasteiger partial charge in [-0.15, -0.1) is 0 Å². The molecule has 1 unspecified atom stereocenters. The third-order valence-corrected chi connectivity index (χ3v) is 2.41. The van der Waals surface area contributed by atoms with Crippen LogP contribution in [0, 0.1) is 5.82 Å². The SMILES string of the molecule is CCCC(C)Nc1ccc(F)cc1CN. The van der Waals surface area contributed by atoms with Crippen LogP contribution in [0.1, 0.15) is 32.3 Å². The first-order valence-corrected chi connectivity index (χ1v) is 5.42. The Morgan fingerprint density at radius 2 is 2.20 bits per heavy atom. The number of halogens is 1. The lowest BCUT2D eigenvalue weighted by atomic mass is 10.1. The molecule has 0 fully saturated rings. The van der Waals surface area contributed by atoms with Crippen molar-refractivity contribution in [3.8, 4) is 0 Å². The first-order chi connectivity index (χ1) is 7.17. The van der Waals surface area contributed by atoms with E-state index in [0.717, 1.165) is 24.1 Å². The number of nitrogens with two attached hydrogens (primary N) is 1. The molecule has 0 aliphatic carbocycles. The fourth-order valence-corrected chi connectivity index (χ4v) is 1.64. The molecule has 2 nitrogen and oxygen atoms in total. The van der Waals surface area contributed by atoms with Crippen LogP contribution in [0.3, 0.4) is 0 Å². The number of rotatable bonds is 5. The van der Waals surface area contributed by atoms with Gasteiger partial charge in [-0.1, -0.05) is 13.3 Å². The minimum Gasteiger partial charge on any atom is -0.382 e. The van der Waals surface area contributed by atoms with Gasteiger partial charge in [0.25, 0.3) is 0 Å². The molecule has 0 saturated heterocycles. The topological polar surface area (TPSA) is 38.0 Å². The quantitative estimate of drug-likeness (QED) is 0.784. The van der Waals surface area contributed by atoms with Gasteiger partial charge in [-0.05, 0) is 37.1 Å². The molecule has 0 bridgehead atoms. The van der Waals surface area contributed by atoms with Crippen molar-refractivity contribution >= 4 is 5.69 Å². The molecule has 0 amide bonds. The summed E-state index contributed by atoms with van der Waals surface area (Å²) in [6.45, 7) is 4.62. The summed E-state index contributed by atoms with van der Waals surface area (Å²) in [7, 11) is 0. The summed E-state index contributed by atoms with van der Waals surface area (Å²) in [6, 6.07) is 5.09. The van der Waals surface area contributed by atoms with Crippen LogP contribution in [0.4, 0.5) is 10.1 Å². The van der Waals surface area contributed by atoms with Crippen LogP contribution >= 0.6 is 0 Å². The number of hydrogen-bond acceptors (Lipinski definition) is 2. The lowest BCUT2D eigenvalue weighted by Crippen LogP contribution is -2.16. The average Bonchev–Trinajstić information content (AvgIpc) is 2.21. The normalized spacial score (nSPS) is 12.5. The van der Waals surface area contributed by atoms with E-state index in [1.54, 1.807) is 6.07 Å². The Hall–Kier alpha value is -1.09. The third-order valence-electron chi connectivity index (χ3n) is 2.41. The van der Waals surface area contributed by atoms with E-state index >= 15 is 0 Å². The van der Waals surface area contributed by atoms with Gasteiger partial charge < -0.3 is 11.1 Å². The maximum absolute atomic E-state index is 12.9. The van der Waals surface area contributed by atoms with Crippen LogP contribution in [0.15, 0.2) is 18.2 Å². The van der Waals surface area contributed by atoms with Gasteiger partial charge in [-0.2, -0.15) is 0 Å². The third kappa shape index (κ3) is 3.51. The van der Waals surface area contributed by atoms with Gasteiger partial charge in [0.15, 0.2) is 0 Å². The van der Waals surface area contributed by atoms with Crippen LogP contribution in [0.25, 0.3) is 0 Å². The number of nitrogens with one attached hydrogen (secondary N) is 1. The highest BCUT2D eigenvalue weighted by atomic mass is 19.1. The largest absolute Gasteiger partial charge is 0.382 e. The van der Waals surface area contributed by atoms with Crippen LogP contribution in [-0.4, -0.2) is 6.04 Å². The van der Waals surface area contributed by atoms with Crippen molar-refractivity contribution in [2.75, 3.05) is 5.32 Å². The predicted octanol–water partition coefficient (Wildman–Crippen LogP) is 2.88. The van der Waals surface area contributed by atoms with Crippen LogP contribution < -0.4 is 11.1 Å². The van der Waals surface area contributed by atoms with E-state index in [1.165, 1.54) is 12.1 Å². The molecule has 15 heavy (non-hydrogen) atoms. The highest BCUT2D eigenvalue weighted by Gasteiger charge is 2.05. The van der Waals surface area contributed by atoms with E-state index in [9.17, 15) is 4.39 Å². The molecular weight excluding hydrogens is 191 g/mol. The lowest BCUT2D eigenvalue weighted by Gasteiger charge is -2.17. The van der Waals surface area contributed by atoms with Crippen molar-refractivity contribution in [1.82, 2.24) is 0 Å². The van der Waals surface area contributed by atoms with E-state index in [0.29, 0.717) is 12.6 Å². The minimum atomic E-state index is -0.232. The Kier molecular flexibility index (Phi) is 4.56. The van der Waals surface area contributed by atoms with Crippen molar-refractivity contribution in [2.45, 2.75) is 39.3 Å². The van der Waals surface area contributed by atoms with E-state index in [4.69, 9.17) is 5.73 Å². The summed E-state index contributed by atoms with van der Waals surface area (Å²) in [5.41, 5.74) is 7.34. The summed E-state index contributed by atoms with van der Waals surface area (Å²) in [4.78, 5) is 0. The molecule has 1 atom stereocenters. The van der Waals surface area contributed by atoms with E-state index in [1.807, 2.05) is 0 Å². The molecular formula is C12H19FN2. The van der Waals surface area contributed by atoms with Gasteiger partial charge >= 0.3 is 0 Å². The van der Waals surface area contributed by atoms with Gasteiger partial charge in [0, 0.05) is 18.3 Å². The van der Waals surface area contributed by atoms with Crippen LogP contribution in [-0.2, 0) is 6.54 Å². The molecule has 3 N–H and O–H groups in total. The summed E-state index contributed by atoms with van der Waals surface area (Å²) >= 11 is 0. The molecule has 1 rings (SSSR count). The molecule has 0 aliphatic rings. The summed E-state index contributed by atoms with van der Waals surface area (Å²) in [5, 5.41) is 3.34. The zero-order valence-corrected chi connectivity index (χ0v) is 9.39. The van der Waals surface area contributed by atoms with Gasteiger partial charge in [-0.25, -0.2) is 4.39 Å². The molecule has 3 heteroatoms. The van der Waals surface area contributed by atoms with Crippen LogP contribution in [0.2, 0.25) is 0 Å². The van der Waals surface area contributed by atoms with Crippen molar-refractivity contribution in [2.24, 2.45) is 5.73 Å². The minimum absolute atomic E-state index is 0.232. The predicted molar refractivity (Wildman–Crippen MR) is 62.3 cm³/mol. The van der Waals surface area contributed by atoms with Gasteiger partial charge in [0.1, 0.15) is 5.82 Å². The highest BCUT2D eigenvalue weighted by molar-refractivity contribution is 5.51. The summed E-state index contributed by atoms with van der Waals surface area (Å²) in [5.74, 6) is -0.232. The molecule has 0 heterocycles. The fraction of sp³-hybridized carbons (Fsp3) is 0.500. The molecule has 0 radical (unpaired) electrons. The van der Waals surface area contributed by atoms with Crippen LogP contribution in [0.5, 0.6) is 0 Å². The number of benzene rings is 1. The number of hydrogen-bond donors (Lipinski definition) is 2. The molecule has 1 aromatic rings. The zero-order chi connectivity index (χ0) is 11.3. The van der Waals surface area contributed by atoms with Crippen molar-refractivity contribution < 1.29 is 4.39 Å². The number of anilines is 1. The van der Waals surface area contributed by atoms with Gasteiger partial charge in [0.2, 0.25) is 0 Å². The second-order valence-corrected chi connectivity index (χ2v) is 3.84. The van der Waals surface area contributed by atoms with Crippen molar-refractivity contribution in [1.29, 1.82) is 0 Å². The monoisotopic (exact) mass is 210 g/mol. The molecule has 1 aromatic carbocycles. The van der Waals surface area contributed by atoms with Crippen molar-refractivity contribution in [3.05, 3.63) is 29.6 Å². The van der Waals surface area contributed by atoms with E-state index in [2.05, 4.69) is 19.2 Å². The zero-order valence-electron chi connectivity index (χ0n) is 9.39. The van der Waals surface area contributed by atoms with Crippen molar-refractivity contribution in [3.63, 3.8) is 0 Å². The molecule has 0 saturated carbocycles. The first-order valence-electron chi connectivity index (χ1n) is 5.42.